The molecule has 0 spiro atoms. The van der Waals surface area contributed by atoms with Crippen molar-refractivity contribution in [1.82, 2.24) is 0 Å². The van der Waals surface area contributed by atoms with Crippen LogP contribution in [0.4, 0.5) is 0 Å². The highest BCUT2D eigenvalue weighted by Gasteiger charge is 1.99. The lowest BCUT2D eigenvalue weighted by atomic mass is 10.8. The van der Waals surface area contributed by atoms with Crippen molar-refractivity contribution in [2.24, 2.45) is 0 Å². The summed E-state index contributed by atoms with van der Waals surface area (Å²) in [6, 6.07) is 0.858. The number of ether oxygens (including phenoxy) is 1. The maximum atomic E-state index is 10.2. The van der Waals surface area contributed by atoms with E-state index in [0.29, 0.717) is 6.61 Å². The van der Waals surface area contributed by atoms with Gasteiger partial charge in [0.25, 0.3) is 0 Å². The Hall–Kier alpha value is 0.267. The van der Waals surface area contributed by atoms with Crippen LogP contribution in [-0.4, -0.2) is 26.6 Å². The number of carbonyl (C=O) groups is 1. The molecule has 5 heteroatoms. The largest absolute Gasteiger partial charge is 0.466 e. The number of alkyl halides is 2. The number of hydrogen-bond acceptors (Lipinski definition) is 2. The molecule has 0 aromatic heterocycles. The summed E-state index contributed by atoms with van der Waals surface area (Å²) in [7, 11) is -0.443. The van der Waals surface area contributed by atoms with E-state index in [1.54, 1.807) is 0 Å². The van der Waals surface area contributed by atoms with E-state index in [0.717, 1.165) is 6.04 Å². The van der Waals surface area contributed by atoms with Crippen molar-refractivity contribution >= 4 is 38.7 Å². The van der Waals surface area contributed by atoms with Crippen LogP contribution in [0.15, 0.2) is 0 Å². The lowest BCUT2D eigenvalue weighted by Gasteiger charge is -2.00. The molecule has 0 radical (unpaired) electrons. The van der Waals surface area contributed by atoms with E-state index < -0.39 is 9.52 Å². The van der Waals surface area contributed by atoms with E-state index in [1.165, 1.54) is 6.92 Å². The van der Waals surface area contributed by atoms with Crippen LogP contribution in [0.3, 0.4) is 0 Å². The number of esters is 1. The number of carbonyl (C=O) groups excluding carboxylic acids is 1. The van der Waals surface area contributed by atoms with E-state index in [-0.39, 0.29) is 10.4 Å². The minimum absolute atomic E-state index is 0.212. The van der Waals surface area contributed by atoms with Crippen molar-refractivity contribution in [1.29, 1.82) is 0 Å². The normalized spacial score (nSPS) is 11.2. The van der Waals surface area contributed by atoms with Gasteiger partial charge in [0.15, 0.2) is 0 Å². The Balaban J connectivity index is 2.98. The number of halogens is 2. The predicted octanol–water partition coefficient (Wildman–Crippen LogP) is 0.898. The molecular weight excluding hydrogens is 191 g/mol. The van der Waals surface area contributed by atoms with Gasteiger partial charge in [0, 0.05) is 6.92 Å². The third-order valence-corrected chi connectivity index (χ3v) is 3.31. The van der Waals surface area contributed by atoms with Gasteiger partial charge in [-0.3, -0.25) is 4.79 Å². The molecule has 0 saturated carbocycles. The molecule has 2 nitrogen and oxygen atoms in total. The van der Waals surface area contributed by atoms with Crippen molar-refractivity contribution in [3.63, 3.8) is 0 Å². The molecule has 0 aromatic rings. The van der Waals surface area contributed by atoms with Crippen molar-refractivity contribution in [3.8, 4) is 0 Å². The number of hydrogen-bond donors (Lipinski definition) is 0. The van der Waals surface area contributed by atoms with Crippen LogP contribution >= 0.6 is 23.2 Å². The van der Waals surface area contributed by atoms with Gasteiger partial charge in [0.05, 0.1) is 20.6 Å². The molecule has 0 aromatic carbocycles. The first-order chi connectivity index (χ1) is 4.63. The lowest BCUT2D eigenvalue weighted by molar-refractivity contribution is -0.140. The van der Waals surface area contributed by atoms with Gasteiger partial charge in [-0.1, -0.05) is 0 Å². The van der Waals surface area contributed by atoms with Crippen molar-refractivity contribution in [3.05, 3.63) is 0 Å². The first kappa shape index (κ1) is 10.3. The Bertz CT molecular complexity index is 108. The Morgan fingerprint density at radius 3 is 2.70 bits per heavy atom. The van der Waals surface area contributed by atoms with Crippen LogP contribution in [0.5, 0.6) is 0 Å². The summed E-state index contributed by atoms with van der Waals surface area (Å²) in [5.41, 5.74) is 0. The van der Waals surface area contributed by atoms with Crippen molar-refractivity contribution in [2.75, 3.05) is 6.61 Å². The van der Waals surface area contributed by atoms with Gasteiger partial charge in [0.2, 0.25) is 0 Å². The molecule has 0 unspecified atom stereocenters. The van der Waals surface area contributed by atoms with Crippen LogP contribution in [0.25, 0.3) is 0 Å². The summed E-state index contributed by atoms with van der Waals surface area (Å²) in [6.45, 7) is 1.86. The van der Waals surface area contributed by atoms with E-state index in [2.05, 4.69) is 4.74 Å². The van der Waals surface area contributed by atoms with Gasteiger partial charge < -0.3 is 4.74 Å². The van der Waals surface area contributed by atoms with Gasteiger partial charge >= 0.3 is 5.97 Å². The zero-order valence-corrected chi connectivity index (χ0v) is 8.70. The smallest absolute Gasteiger partial charge is 0.302 e. The molecule has 60 valence electrons. The third-order valence-electron chi connectivity index (χ3n) is 0.872. The third kappa shape index (κ3) is 8.27. The van der Waals surface area contributed by atoms with Crippen LogP contribution in [0.1, 0.15) is 6.92 Å². The minimum atomic E-state index is -0.443. The van der Waals surface area contributed by atoms with Crippen LogP contribution < -0.4 is 0 Å². The van der Waals surface area contributed by atoms with E-state index in [9.17, 15) is 4.79 Å². The topological polar surface area (TPSA) is 26.3 Å². The first-order valence-electron chi connectivity index (χ1n) is 3.04. The highest BCUT2D eigenvalue weighted by atomic mass is 35.5. The molecule has 0 aliphatic rings. The molecule has 0 saturated heterocycles. The highest BCUT2D eigenvalue weighted by Crippen LogP contribution is 2.00. The van der Waals surface area contributed by atoms with Gasteiger partial charge in [-0.05, 0) is 6.04 Å². The molecule has 10 heavy (non-hydrogen) atoms. The molecule has 0 N–H and O–H groups in total. The van der Waals surface area contributed by atoms with E-state index >= 15 is 0 Å². The summed E-state index contributed by atoms with van der Waals surface area (Å²) < 4.78 is 4.46. The average Bonchev–Trinajstić information content (AvgIpc) is 1.79. The first-order valence-corrected chi connectivity index (χ1v) is 5.73. The quantitative estimate of drug-likeness (QED) is 0.292. The van der Waals surface area contributed by atoms with Gasteiger partial charge in [-0.25, -0.2) is 0 Å². The Morgan fingerprint density at radius 1 is 1.70 bits per heavy atom. The summed E-state index contributed by atoms with van der Waals surface area (Å²) in [5, 5.41) is 0. The molecular formula is C5H10Cl2O2Si. The molecule has 0 bridgehead atoms. The zero-order chi connectivity index (χ0) is 7.98. The Labute approximate surface area is 72.7 Å². The summed E-state index contributed by atoms with van der Waals surface area (Å²) in [4.78, 5) is 10.2. The zero-order valence-electron chi connectivity index (χ0n) is 5.77. The second kappa shape index (κ2) is 6.01. The summed E-state index contributed by atoms with van der Waals surface area (Å²) in [6.07, 6.45) is 0. The number of rotatable bonds is 4. The van der Waals surface area contributed by atoms with E-state index in [1.807, 2.05) is 0 Å². The van der Waals surface area contributed by atoms with Crippen LogP contribution in [0, 0.1) is 0 Å². The molecule has 0 heterocycles. The van der Waals surface area contributed by atoms with Crippen LogP contribution in [-0.2, 0) is 9.53 Å². The monoisotopic (exact) mass is 200 g/mol. The van der Waals surface area contributed by atoms with Crippen molar-refractivity contribution < 1.29 is 9.53 Å². The van der Waals surface area contributed by atoms with Gasteiger partial charge in [0.1, 0.15) is 0 Å². The molecule has 0 fully saturated rings. The molecule has 0 amide bonds. The maximum Gasteiger partial charge on any atom is 0.302 e. The van der Waals surface area contributed by atoms with E-state index in [4.69, 9.17) is 23.2 Å². The molecule has 0 aliphatic carbocycles. The molecule has 0 aliphatic heterocycles. The van der Waals surface area contributed by atoms with Crippen LogP contribution in [0.2, 0.25) is 6.04 Å². The predicted molar refractivity (Wildman–Crippen MR) is 45.5 cm³/mol. The fraction of sp³-hybridized carbons (Fsp3) is 0.800. The SMILES string of the molecule is CC(=O)OCC[SiH2]C(Cl)Cl. The Morgan fingerprint density at radius 2 is 2.30 bits per heavy atom. The molecule has 0 atom stereocenters. The summed E-state index contributed by atoms with van der Waals surface area (Å²) in [5.74, 6) is -0.241. The van der Waals surface area contributed by atoms with Gasteiger partial charge in [-0.2, -0.15) is 0 Å². The average molecular weight is 201 g/mol. The fourth-order valence-electron chi connectivity index (χ4n) is 0.454. The standard InChI is InChI=1S/C5H10Cl2O2Si/c1-4(8)9-2-3-10-5(6)7/h5H,2-3,10H2,1H3. The Kier molecular flexibility index (Phi) is 6.17. The highest BCUT2D eigenvalue weighted by molar-refractivity contribution is 6.68. The summed E-state index contributed by atoms with van der Waals surface area (Å²) >= 11 is 11.0. The maximum absolute atomic E-state index is 10.2. The lowest BCUT2D eigenvalue weighted by Crippen LogP contribution is -2.07. The molecule has 0 rings (SSSR count). The second-order valence-corrected chi connectivity index (χ2v) is 6.29. The van der Waals surface area contributed by atoms with Crippen molar-refractivity contribution in [2.45, 2.75) is 17.4 Å². The second-order valence-electron chi connectivity index (χ2n) is 1.87. The minimum Gasteiger partial charge on any atom is -0.466 e. The fourth-order valence-corrected chi connectivity index (χ4v) is 2.00. The van der Waals surface area contributed by atoms with Gasteiger partial charge in [-0.15, -0.1) is 23.2 Å².